The van der Waals surface area contributed by atoms with E-state index in [4.69, 9.17) is 18.0 Å². The zero-order valence-corrected chi connectivity index (χ0v) is 8.97. The van der Waals surface area contributed by atoms with Gasteiger partial charge in [0.2, 0.25) is 0 Å². The summed E-state index contributed by atoms with van der Waals surface area (Å²) in [4.78, 5) is 5.41. The summed E-state index contributed by atoms with van der Waals surface area (Å²) in [7, 11) is 1.55. The monoisotopic (exact) mass is 231 g/mol. The minimum absolute atomic E-state index is 0.175. The van der Waals surface area contributed by atoms with E-state index in [2.05, 4.69) is 4.98 Å². The minimum Gasteiger partial charge on any atom is -0.389 e. The van der Waals surface area contributed by atoms with Gasteiger partial charge in [-0.15, -0.1) is 0 Å². The van der Waals surface area contributed by atoms with Gasteiger partial charge in [-0.05, 0) is 6.07 Å². The number of alkyl halides is 2. The van der Waals surface area contributed by atoms with Gasteiger partial charge in [0.25, 0.3) is 6.43 Å². The molecule has 0 radical (unpaired) electrons. The summed E-state index contributed by atoms with van der Waals surface area (Å²) in [5, 5.41) is 0. The van der Waals surface area contributed by atoms with E-state index in [0.717, 1.165) is 0 Å². The molecule has 2 N–H and O–H groups in total. The Morgan fingerprint density at radius 1 is 1.67 bits per heavy atom. The van der Waals surface area contributed by atoms with Gasteiger partial charge in [0.1, 0.15) is 4.99 Å². The predicted octanol–water partition coefficient (Wildman–Crippen LogP) is 1.42. The Kier molecular flexibility index (Phi) is 3.90. The highest BCUT2D eigenvalue weighted by Gasteiger charge is 2.13. The standard InChI is InChI=1S/C9H11F2N3S/c1-14(5-8(10)11)7-4-13-3-2-6(7)9(12)15/h2-4,8H,5H2,1H3,(H2,12,15). The molecule has 6 heteroatoms. The van der Waals surface area contributed by atoms with Gasteiger partial charge in [-0.25, -0.2) is 8.78 Å². The fourth-order valence-electron chi connectivity index (χ4n) is 1.20. The molecule has 0 saturated heterocycles. The van der Waals surface area contributed by atoms with Crippen molar-refractivity contribution in [2.75, 3.05) is 18.5 Å². The van der Waals surface area contributed by atoms with Crippen molar-refractivity contribution in [1.82, 2.24) is 4.98 Å². The number of thiocarbonyl (C=S) groups is 1. The molecular formula is C9H11F2N3S. The van der Waals surface area contributed by atoms with E-state index in [1.54, 1.807) is 13.1 Å². The molecule has 3 nitrogen and oxygen atoms in total. The van der Waals surface area contributed by atoms with Crippen molar-refractivity contribution < 1.29 is 8.78 Å². The van der Waals surface area contributed by atoms with E-state index in [0.29, 0.717) is 11.3 Å². The highest BCUT2D eigenvalue weighted by Crippen LogP contribution is 2.18. The van der Waals surface area contributed by atoms with Gasteiger partial charge >= 0.3 is 0 Å². The van der Waals surface area contributed by atoms with Crippen LogP contribution in [0.4, 0.5) is 14.5 Å². The molecule has 1 aromatic heterocycles. The summed E-state index contributed by atoms with van der Waals surface area (Å²) in [5.41, 5.74) is 6.55. The van der Waals surface area contributed by atoms with Crippen molar-refractivity contribution in [2.24, 2.45) is 5.73 Å². The summed E-state index contributed by atoms with van der Waals surface area (Å²) in [6.07, 6.45) is 0.583. The fourth-order valence-corrected chi connectivity index (χ4v) is 1.38. The third-order valence-corrected chi connectivity index (χ3v) is 2.11. The summed E-state index contributed by atoms with van der Waals surface area (Å²) >= 11 is 4.82. The second kappa shape index (κ2) is 4.97. The van der Waals surface area contributed by atoms with Crippen LogP contribution in [-0.2, 0) is 0 Å². The summed E-state index contributed by atoms with van der Waals surface area (Å²) in [6.45, 7) is -0.374. The summed E-state index contributed by atoms with van der Waals surface area (Å²) in [5.74, 6) is 0. The van der Waals surface area contributed by atoms with Crippen LogP contribution in [0, 0.1) is 0 Å². The molecule has 1 heterocycles. The number of nitrogens with two attached hydrogens (primary N) is 1. The largest absolute Gasteiger partial charge is 0.389 e. The van der Waals surface area contributed by atoms with Crippen LogP contribution < -0.4 is 10.6 Å². The predicted molar refractivity (Wildman–Crippen MR) is 59.4 cm³/mol. The van der Waals surface area contributed by atoms with E-state index < -0.39 is 6.43 Å². The third kappa shape index (κ3) is 3.09. The number of halogens is 2. The smallest absolute Gasteiger partial charge is 0.255 e. The number of hydrogen-bond acceptors (Lipinski definition) is 3. The van der Waals surface area contributed by atoms with Gasteiger partial charge in [0.15, 0.2) is 0 Å². The van der Waals surface area contributed by atoms with Crippen molar-refractivity contribution in [3.05, 3.63) is 24.0 Å². The zero-order chi connectivity index (χ0) is 11.4. The van der Waals surface area contributed by atoms with Crippen molar-refractivity contribution in [3.63, 3.8) is 0 Å². The molecule has 0 aliphatic carbocycles. The molecule has 0 amide bonds. The quantitative estimate of drug-likeness (QED) is 0.796. The average Bonchev–Trinajstić information content (AvgIpc) is 2.16. The highest BCUT2D eigenvalue weighted by molar-refractivity contribution is 7.80. The first-order chi connectivity index (χ1) is 7.02. The molecule has 1 aromatic rings. The molecule has 0 aliphatic rings. The average molecular weight is 231 g/mol. The molecular weight excluding hydrogens is 220 g/mol. The number of rotatable bonds is 4. The summed E-state index contributed by atoms with van der Waals surface area (Å²) < 4.78 is 24.4. The van der Waals surface area contributed by atoms with Crippen LogP contribution in [0.2, 0.25) is 0 Å². The Morgan fingerprint density at radius 2 is 2.33 bits per heavy atom. The van der Waals surface area contributed by atoms with Gasteiger partial charge in [-0.3, -0.25) is 4.98 Å². The van der Waals surface area contributed by atoms with Gasteiger partial charge in [0.05, 0.1) is 18.4 Å². The van der Waals surface area contributed by atoms with Crippen LogP contribution in [0.3, 0.4) is 0 Å². The van der Waals surface area contributed by atoms with Crippen LogP contribution in [0.25, 0.3) is 0 Å². The summed E-state index contributed by atoms with van der Waals surface area (Å²) in [6, 6.07) is 1.61. The highest BCUT2D eigenvalue weighted by atomic mass is 32.1. The van der Waals surface area contributed by atoms with Crippen molar-refractivity contribution in [1.29, 1.82) is 0 Å². The van der Waals surface area contributed by atoms with Crippen LogP contribution in [0.5, 0.6) is 0 Å². The lowest BCUT2D eigenvalue weighted by Crippen LogP contribution is -2.27. The second-order valence-electron chi connectivity index (χ2n) is 3.03. The number of pyridine rings is 1. The molecule has 0 spiro atoms. The maximum atomic E-state index is 12.2. The van der Waals surface area contributed by atoms with Gasteiger partial charge in [-0.1, -0.05) is 12.2 Å². The van der Waals surface area contributed by atoms with Crippen molar-refractivity contribution >= 4 is 22.9 Å². The van der Waals surface area contributed by atoms with Crippen LogP contribution >= 0.6 is 12.2 Å². The molecule has 0 unspecified atom stereocenters. The minimum atomic E-state index is -2.41. The van der Waals surface area contributed by atoms with E-state index in [1.807, 2.05) is 0 Å². The maximum Gasteiger partial charge on any atom is 0.255 e. The first kappa shape index (κ1) is 11.8. The topological polar surface area (TPSA) is 42.2 Å². The number of anilines is 1. The van der Waals surface area contributed by atoms with E-state index in [-0.39, 0.29) is 11.5 Å². The molecule has 0 bridgehead atoms. The normalized spacial score (nSPS) is 10.4. The Bertz CT molecular complexity index is 357. The first-order valence-electron chi connectivity index (χ1n) is 4.25. The lowest BCUT2D eigenvalue weighted by atomic mass is 10.2. The molecule has 1 rings (SSSR count). The Labute approximate surface area is 91.9 Å². The molecule has 0 fully saturated rings. The number of nitrogens with zero attached hydrogens (tertiary/aromatic N) is 2. The van der Waals surface area contributed by atoms with Crippen LogP contribution in [0.15, 0.2) is 18.5 Å². The van der Waals surface area contributed by atoms with Crippen molar-refractivity contribution in [2.45, 2.75) is 6.43 Å². The molecule has 82 valence electrons. The molecule has 0 aromatic carbocycles. The van der Waals surface area contributed by atoms with E-state index >= 15 is 0 Å². The second-order valence-corrected chi connectivity index (χ2v) is 3.47. The Morgan fingerprint density at radius 3 is 2.87 bits per heavy atom. The lowest BCUT2D eigenvalue weighted by molar-refractivity contribution is 0.156. The number of aromatic nitrogens is 1. The fraction of sp³-hybridized carbons (Fsp3) is 0.333. The SMILES string of the molecule is CN(CC(F)F)c1cnccc1C(N)=S. The van der Waals surface area contributed by atoms with Crippen molar-refractivity contribution in [3.8, 4) is 0 Å². The third-order valence-electron chi connectivity index (χ3n) is 1.89. The van der Waals surface area contributed by atoms with Crippen LogP contribution in [-0.4, -0.2) is 30.0 Å². The Hall–Kier alpha value is -1.30. The maximum absolute atomic E-state index is 12.2. The first-order valence-corrected chi connectivity index (χ1v) is 4.66. The van der Waals surface area contributed by atoms with Crippen LogP contribution in [0.1, 0.15) is 5.56 Å². The van der Waals surface area contributed by atoms with Gasteiger partial charge in [-0.2, -0.15) is 0 Å². The zero-order valence-electron chi connectivity index (χ0n) is 8.15. The molecule has 0 aliphatic heterocycles. The Balaban J connectivity index is 2.97. The molecule has 0 saturated carbocycles. The van der Waals surface area contributed by atoms with Gasteiger partial charge < -0.3 is 10.6 Å². The lowest BCUT2D eigenvalue weighted by Gasteiger charge is -2.20. The number of hydrogen-bond donors (Lipinski definition) is 1. The molecule has 15 heavy (non-hydrogen) atoms. The molecule has 0 atom stereocenters. The van der Waals surface area contributed by atoms with Gasteiger partial charge in [0, 0.05) is 18.8 Å². The van der Waals surface area contributed by atoms with E-state index in [1.165, 1.54) is 17.3 Å². The van der Waals surface area contributed by atoms with E-state index in [9.17, 15) is 8.78 Å².